The summed E-state index contributed by atoms with van der Waals surface area (Å²) in [7, 11) is 0. The summed E-state index contributed by atoms with van der Waals surface area (Å²) in [5.41, 5.74) is 2.36. The number of rotatable bonds is 7. The van der Waals surface area contributed by atoms with Gasteiger partial charge in [0, 0.05) is 12.7 Å². The standard InChI is InChI=1S/C16H26N4/c1-5-6-7-10-16(3,4)12-17-15-18-14-9-8-13(2)11-20(14)19-15/h8-9,11H,5-7,10,12H2,1-4H3,(H,17,19). The van der Waals surface area contributed by atoms with Gasteiger partial charge in [0.2, 0.25) is 5.95 Å². The molecular formula is C16H26N4. The molecule has 2 aromatic rings. The molecule has 4 heteroatoms. The fourth-order valence-corrected chi connectivity index (χ4v) is 2.32. The summed E-state index contributed by atoms with van der Waals surface area (Å²) >= 11 is 0. The lowest BCUT2D eigenvalue weighted by atomic mass is 9.87. The first-order valence-electron chi connectivity index (χ1n) is 7.57. The Kier molecular flexibility index (Phi) is 4.63. The van der Waals surface area contributed by atoms with Crippen molar-refractivity contribution in [3.8, 4) is 0 Å². The second-order valence-corrected chi connectivity index (χ2v) is 6.42. The number of anilines is 1. The molecule has 0 saturated carbocycles. The molecule has 0 bridgehead atoms. The van der Waals surface area contributed by atoms with E-state index in [1.165, 1.54) is 31.2 Å². The van der Waals surface area contributed by atoms with Gasteiger partial charge in [0.15, 0.2) is 5.65 Å². The smallest absolute Gasteiger partial charge is 0.243 e. The van der Waals surface area contributed by atoms with E-state index in [0.717, 1.165) is 18.1 Å². The summed E-state index contributed by atoms with van der Waals surface area (Å²) < 4.78 is 1.84. The molecule has 0 radical (unpaired) electrons. The van der Waals surface area contributed by atoms with E-state index in [2.05, 4.69) is 49.2 Å². The van der Waals surface area contributed by atoms with E-state index in [9.17, 15) is 0 Å². The third-order valence-corrected chi connectivity index (χ3v) is 3.66. The van der Waals surface area contributed by atoms with Crippen molar-refractivity contribution < 1.29 is 0 Å². The average Bonchev–Trinajstić information content (AvgIpc) is 2.79. The molecule has 2 rings (SSSR count). The number of hydrogen-bond donors (Lipinski definition) is 1. The summed E-state index contributed by atoms with van der Waals surface area (Å²) in [6, 6.07) is 4.06. The normalized spacial score (nSPS) is 12.0. The molecule has 0 atom stereocenters. The minimum atomic E-state index is 0.280. The van der Waals surface area contributed by atoms with E-state index in [0.29, 0.717) is 0 Å². The zero-order chi connectivity index (χ0) is 14.6. The van der Waals surface area contributed by atoms with E-state index >= 15 is 0 Å². The number of aryl methyl sites for hydroxylation is 1. The lowest BCUT2D eigenvalue weighted by Crippen LogP contribution is -2.23. The Balaban J connectivity index is 1.94. The first-order valence-corrected chi connectivity index (χ1v) is 7.57. The van der Waals surface area contributed by atoms with Crippen molar-refractivity contribution >= 4 is 11.6 Å². The van der Waals surface area contributed by atoms with Gasteiger partial charge < -0.3 is 5.32 Å². The largest absolute Gasteiger partial charge is 0.352 e. The fraction of sp³-hybridized carbons (Fsp3) is 0.625. The second kappa shape index (κ2) is 6.25. The van der Waals surface area contributed by atoms with Gasteiger partial charge in [-0.3, -0.25) is 0 Å². The summed E-state index contributed by atoms with van der Waals surface area (Å²) in [4.78, 5) is 4.49. The van der Waals surface area contributed by atoms with Gasteiger partial charge in [0.05, 0.1) is 0 Å². The Morgan fingerprint density at radius 3 is 2.80 bits per heavy atom. The Bertz CT molecular complexity index is 557. The zero-order valence-corrected chi connectivity index (χ0v) is 13.1. The number of unbranched alkanes of at least 4 members (excludes halogenated alkanes) is 2. The van der Waals surface area contributed by atoms with Gasteiger partial charge >= 0.3 is 0 Å². The molecule has 0 aliphatic carbocycles. The van der Waals surface area contributed by atoms with E-state index < -0.39 is 0 Å². The lowest BCUT2D eigenvalue weighted by molar-refractivity contribution is 0.342. The highest BCUT2D eigenvalue weighted by Gasteiger charge is 2.17. The molecule has 4 nitrogen and oxygen atoms in total. The molecule has 0 aromatic carbocycles. The van der Waals surface area contributed by atoms with Crippen molar-refractivity contribution in [1.29, 1.82) is 0 Å². The first kappa shape index (κ1) is 14.8. The molecule has 110 valence electrons. The topological polar surface area (TPSA) is 42.2 Å². The Morgan fingerprint density at radius 2 is 2.05 bits per heavy atom. The number of aromatic nitrogens is 3. The third kappa shape index (κ3) is 3.95. The third-order valence-electron chi connectivity index (χ3n) is 3.66. The van der Waals surface area contributed by atoms with Gasteiger partial charge in [0.25, 0.3) is 0 Å². The molecule has 0 fully saturated rings. The number of fused-ring (bicyclic) bond motifs is 1. The minimum absolute atomic E-state index is 0.280. The molecule has 0 aliphatic heterocycles. The maximum Gasteiger partial charge on any atom is 0.243 e. The summed E-state index contributed by atoms with van der Waals surface area (Å²) in [5, 5.41) is 7.85. The predicted molar refractivity (Wildman–Crippen MR) is 84.1 cm³/mol. The molecule has 0 aliphatic rings. The van der Waals surface area contributed by atoms with Crippen LogP contribution in [0.3, 0.4) is 0 Å². The fourth-order valence-electron chi connectivity index (χ4n) is 2.32. The van der Waals surface area contributed by atoms with Crippen LogP contribution >= 0.6 is 0 Å². The van der Waals surface area contributed by atoms with Gasteiger partial charge in [-0.25, -0.2) is 4.52 Å². The Morgan fingerprint density at radius 1 is 1.25 bits per heavy atom. The highest BCUT2D eigenvalue weighted by atomic mass is 15.3. The number of nitrogens with one attached hydrogen (secondary N) is 1. The van der Waals surface area contributed by atoms with Crippen LogP contribution in [0.15, 0.2) is 18.3 Å². The number of pyridine rings is 1. The number of hydrogen-bond acceptors (Lipinski definition) is 3. The molecule has 0 saturated heterocycles. The van der Waals surface area contributed by atoms with Crippen LogP contribution in [0.5, 0.6) is 0 Å². The van der Waals surface area contributed by atoms with Crippen LogP contribution in [0.4, 0.5) is 5.95 Å². The van der Waals surface area contributed by atoms with Crippen molar-refractivity contribution in [2.24, 2.45) is 5.41 Å². The van der Waals surface area contributed by atoms with Gasteiger partial charge in [0.1, 0.15) is 0 Å². The van der Waals surface area contributed by atoms with E-state index in [1.54, 1.807) is 0 Å². The van der Waals surface area contributed by atoms with Crippen LogP contribution in [0.25, 0.3) is 5.65 Å². The van der Waals surface area contributed by atoms with Crippen LogP contribution in [0.1, 0.15) is 52.0 Å². The Labute approximate surface area is 121 Å². The SMILES string of the molecule is CCCCCC(C)(C)CNc1nc2ccc(C)cn2n1. The number of nitrogens with zero attached hydrogens (tertiary/aromatic N) is 3. The van der Waals surface area contributed by atoms with Gasteiger partial charge in [-0.2, -0.15) is 4.98 Å². The predicted octanol–water partition coefficient (Wildman–Crippen LogP) is 4.06. The van der Waals surface area contributed by atoms with Crippen LogP contribution in [-0.4, -0.2) is 21.1 Å². The molecule has 0 unspecified atom stereocenters. The Hall–Kier alpha value is -1.58. The highest BCUT2D eigenvalue weighted by molar-refractivity contribution is 5.44. The minimum Gasteiger partial charge on any atom is -0.352 e. The lowest BCUT2D eigenvalue weighted by Gasteiger charge is -2.24. The van der Waals surface area contributed by atoms with E-state index in [4.69, 9.17) is 0 Å². The van der Waals surface area contributed by atoms with Crippen molar-refractivity contribution in [2.45, 2.75) is 53.4 Å². The zero-order valence-electron chi connectivity index (χ0n) is 13.1. The quantitative estimate of drug-likeness (QED) is 0.774. The molecule has 2 heterocycles. The van der Waals surface area contributed by atoms with Crippen LogP contribution in [0.2, 0.25) is 0 Å². The van der Waals surface area contributed by atoms with Crippen LogP contribution in [-0.2, 0) is 0 Å². The summed E-state index contributed by atoms with van der Waals surface area (Å²) in [6.07, 6.45) is 7.12. The monoisotopic (exact) mass is 274 g/mol. The van der Waals surface area contributed by atoms with Crippen LogP contribution < -0.4 is 5.32 Å². The van der Waals surface area contributed by atoms with Gasteiger partial charge in [-0.05, 0) is 30.4 Å². The van der Waals surface area contributed by atoms with Gasteiger partial charge in [-0.1, -0.05) is 46.1 Å². The average molecular weight is 274 g/mol. The maximum absolute atomic E-state index is 4.49. The van der Waals surface area contributed by atoms with Crippen molar-refractivity contribution in [3.63, 3.8) is 0 Å². The van der Waals surface area contributed by atoms with Crippen LogP contribution in [0, 0.1) is 12.3 Å². The summed E-state index contributed by atoms with van der Waals surface area (Å²) in [6.45, 7) is 9.82. The highest BCUT2D eigenvalue weighted by Crippen LogP contribution is 2.24. The van der Waals surface area contributed by atoms with E-state index in [1.807, 2.05) is 16.8 Å². The van der Waals surface area contributed by atoms with E-state index in [-0.39, 0.29) is 5.41 Å². The van der Waals surface area contributed by atoms with Crippen molar-refractivity contribution in [1.82, 2.24) is 14.6 Å². The molecule has 2 aromatic heterocycles. The van der Waals surface area contributed by atoms with Gasteiger partial charge in [-0.15, -0.1) is 5.10 Å². The molecule has 0 amide bonds. The molecule has 1 N–H and O–H groups in total. The van der Waals surface area contributed by atoms with Crippen molar-refractivity contribution in [2.75, 3.05) is 11.9 Å². The summed E-state index contributed by atoms with van der Waals surface area (Å²) in [5.74, 6) is 0.721. The molecule has 0 spiro atoms. The first-order chi connectivity index (χ1) is 9.50. The molecule has 20 heavy (non-hydrogen) atoms. The second-order valence-electron chi connectivity index (χ2n) is 6.42. The maximum atomic E-state index is 4.49. The molecular weight excluding hydrogens is 248 g/mol. The van der Waals surface area contributed by atoms with Crippen molar-refractivity contribution in [3.05, 3.63) is 23.9 Å².